The molecule has 1 aromatic carbocycles. The average molecular weight is 425 g/mol. The van der Waals surface area contributed by atoms with E-state index >= 15 is 0 Å². The SMILES string of the molecule is CC(C)CC(CN)C(=O)Nc1cc(I)ccc1Br. The van der Waals surface area contributed by atoms with Crippen LogP contribution in [0.2, 0.25) is 0 Å². The summed E-state index contributed by atoms with van der Waals surface area (Å²) in [6.07, 6.45) is 0.809. The van der Waals surface area contributed by atoms with Crippen molar-refractivity contribution in [1.29, 1.82) is 0 Å². The van der Waals surface area contributed by atoms with E-state index < -0.39 is 0 Å². The summed E-state index contributed by atoms with van der Waals surface area (Å²) in [6.45, 7) is 4.57. The molecule has 0 aliphatic rings. The summed E-state index contributed by atoms with van der Waals surface area (Å²) in [7, 11) is 0. The van der Waals surface area contributed by atoms with E-state index in [0.717, 1.165) is 20.2 Å². The van der Waals surface area contributed by atoms with Crippen LogP contribution in [0.25, 0.3) is 0 Å². The normalized spacial score (nSPS) is 12.6. The van der Waals surface area contributed by atoms with Gasteiger partial charge in [0.2, 0.25) is 5.91 Å². The Labute approximate surface area is 130 Å². The summed E-state index contributed by atoms with van der Waals surface area (Å²) in [5, 5.41) is 2.94. The molecule has 1 atom stereocenters. The third-order valence-corrected chi connectivity index (χ3v) is 3.96. The minimum atomic E-state index is -0.130. The first-order chi connectivity index (χ1) is 8.43. The van der Waals surface area contributed by atoms with E-state index in [1.807, 2.05) is 18.2 Å². The van der Waals surface area contributed by atoms with Crippen LogP contribution >= 0.6 is 38.5 Å². The van der Waals surface area contributed by atoms with Crippen LogP contribution in [0.4, 0.5) is 5.69 Å². The van der Waals surface area contributed by atoms with E-state index in [1.165, 1.54) is 0 Å². The van der Waals surface area contributed by atoms with Crippen molar-refractivity contribution in [3.05, 3.63) is 26.2 Å². The Morgan fingerprint density at radius 1 is 1.50 bits per heavy atom. The first kappa shape index (κ1) is 15.9. The number of carbonyl (C=O) groups excluding carboxylic acids is 1. The van der Waals surface area contributed by atoms with Gasteiger partial charge in [0.25, 0.3) is 0 Å². The fourth-order valence-corrected chi connectivity index (χ4v) is 2.54. The van der Waals surface area contributed by atoms with Crippen LogP contribution in [0, 0.1) is 15.4 Å². The molecule has 0 heterocycles. The van der Waals surface area contributed by atoms with Gasteiger partial charge >= 0.3 is 0 Å². The highest BCUT2D eigenvalue weighted by Gasteiger charge is 2.19. The topological polar surface area (TPSA) is 55.1 Å². The molecule has 0 fully saturated rings. The zero-order chi connectivity index (χ0) is 13.7. The number of halogens is 2. The minimum absolute atomic E-state index is 0.00565. The van der Waals surface area contributed by atoms with Crippen LogP contribution in [0.1, 0.15) is 20.3 Å². The van der Waals surface area contributed by atoms with Gasteiger partial charge in [-0.3, -0.25) is 4.79 Å². The van der Waals surface area contributed by atoms with Crippen LogP contribution in [-0.2, 0) is 4.79 Å². The van der Waals surface area contributed by atoms with Crippen molar-refractivity contribution in [1.82, 2.24) is 0 Å². The molecule has 0 aliphatic heterocycles. The van der Waals surface area contributed by atoms with Gasteiger partial charge in [0.05, 0.1) is 11.6 Å². The van der Waals surface area contributed by atoms with E-state index in [2.05, 4.69) is 57.7 Å². The smallest absolute Gasteiger partial charge is 0.228 e. The average Bonchev–Trinajstić information content (AvgIpc) is 2.30. The number of benzene rings is 1. The highest BCUT2D eigenvalue weighted by atomic mass is 127. The maximum Gasteiger partial charge on any atom is 0.228 e. The maximum atomic E-state index is 12.1. The summed E-state index contributed by atoms with van der Waals surface area (Å²) in [5.41, 5.74) is 6.47. The Morgan fingerprint density at radius 3 is 2.72 bits per heavy atom. The molecular weight excluding hydrogens is 407 g/mol. The van der Waals surface area contributed by atoms with Gasteiger partial charge in [-0.25, -0.2) is 0 Å². The van der Waals surface area contributed by atoms with Gasteiger partial charge in [-0.05, 0) is 69.1 Å². The van der Waals surface area contributed by atoms with Crippen molar-refractivity contribution >= 4 is 50.1 Å². The van der Waals surface area contributed by atoms with Crippen LogP contribution in [0.15, 0.2) is 22.7 Å². The lowest BCUT2D eigenvalue weighted by atomic mass is 9.96. The Kier molecular flexibility index (Phi) is 6.59. The summed E-state index contributed by atoms with van der Waals surface area (Å²) in [4.78, 5) is 12.1. The largest absolute Gasteiger partial charge is 0.330 e. The van der Waals surface area contributed by atoms with Crippen LogP contribution < -0.4 is 11.1 Å². The molecule has 0 spiro atoms. The third-order valence-electron chi connectivity index (χ3n) is 2.60. The first-order valence-electron chi connectivity index (χ1n) is 5.90. The number of amides is 1. The quantitative estimate of drug-likeness (QED) is 0.709. The van der Waals surface area contributed by atoms with Crippen LogP contribution in [0.5, 0.6) is 0 Å². The third kappa shape index (κ3) is 4.85. The van der Waals surface area contributed by atoms with E-state index in [4.69, 9.17) is 5.73 Å². The number of hydrogen-bond donors (Lipinski definition) is 2. The van der Waals surface area contributed by atoms with Gasteiger partial charge in [-0.2, -0.15) is 0 Å². The number of nitrogens with two attached hydrogens (primary N) is 1. The van der Waals surface area contributed by atoms with Gasteiger partial charge in [-0.1, -0.05) is 13.8 Å². The molecule has 3 nitrogen and oxygen atoms in total. The summed E-state index contributed by atoms with van der Waals surface area (Å²) in [5.74, 6) is 0.326. The summed E-state index contributed by atoms with van der Waals surface area (Å²) < 4.78 is 1.97. The van der Waals surface area contributed by atoms with E-state index in [1.54, 1.807) is 0 Å². The van der Waals surface area contributed by atoms with E-state index in [0.29, 0.717) is 12.5 Å². The Balaban J connectivity index is 2.76. The number of carbonyl (C=O) groups is 1. The Hall–Kier alpha value is -0.140. The molecular formula is C13H18BrIN2O. The molecule has 0 radical (unpaired) electrons. The van der Waals surface area contributed by atoms with Crippen LogP contribution in [0.3, 0.4) is 0 Å². The molecule has 0 bridgehead atoms. The second kappa shape index (κ2) is 7.45. The molecule has 1 unspecified atom stereocenters. The second-order valence-corrected chi connectivity index (χ2v) is 6.78. The zero-order valence-electron chi connectivity index (χ0n) is 10.5. The number of rotatable bonds is 5. The Morgan fingerprint density at radius 2 is 2.17 bits per heavy atom. The molecule has 1 amide bonds. The molecule has 0 saturated heterocycles. The highest BCUT2D eigenvalue weighted by molar-refractivity contribution is 14.1. The molecule has 5 heteroatoms. The molecule has 0 aromatic heterocycles. The monoisotopic (exact) mass is 424 g/mol. The van der Waals surface area contributed by atoms with E-state index in [9.17, 15) is 4.79 Å². The fraction of sp³-hybridized carbons (Fsp3) is 0.462. The predicted molar refractivity (Wildman–Crippen MR) is 87.5 cm³/mol. The Bertz CT molecular complexity index is 423. The number of anilines is 1. The van der Waals surface area contributed by atoms with Crippen molar-refractivity contribution in [2.24, 2.45) is 17.6 Å². The van der Waals surface area contributed by atoms with Gasteiger partial charge in [0.15, 0.2) is 0 Å². The van der Waals surface area contributed by atoms with Crippen LogP contribution in [-0.4, -0.2) is 12.5 Å². The molecule has 1 rings (SSSR count). The molecule has 0 saturated carbocycles. The standard InChI is InChI=1S/C13H18BrIN2O/c1-8(2)5-9(7-16)13(18)17-12-6-10(15)3-4-11(12)14/h3-4,6,8-9H,5,7,16H2,1-2H3,(H,17,18). The lowest BCUT2D eigenvalue weighted by molar-refractivity contribution is -0.120. The summed E-state index contributed by atoms with van der Waals surface area (Å²) >= 11 is 5.65. The predicted octanol–water partition coefficient (Wildman–Crippen LogP) is 3.61. The van der Waals surface area contributed by atoms with Crippen molar-refractivity contribution in [3.8, 4) is 0 Å². The van der Waals surface area contributed by atoms with Gasteiger partial charge in [-0.15, -0.1) is 0 Å². The fourth-order valence-electron chi connectivity index (χ4n) is 1.71. The molecule has 1 aromatic rings. The number of nitrogens with one attached hydrogen (secondary N) is 1. The molecule has 0 aliphatic carbocycles. The maximum absolute atomic E-state index is 12.1. The molecule has 3 N–H and O–H groups in total. The molecule has 18 heavy (non-hydrogen) atoms. The van der Waals surface area contributed by atoms with Crippen molar-refractivity contribution < 1.29 is 4.79 Å². The lowest BCUT2D eigenvalue weighted by Crippen LogP contribution is -2.30. The van der Waals surface area contributed by atoms with Gasteiger partial charge in [0.1, 0.15) is 0 Å². The van der Waals surface area contributed by atoms with E-state index in [-0.39, 0.29) is 11.8 Å². The first-order valence-corrected chi connectivity index (χ1v) is 7.77. The lowest BCUT2D eigenvalue weighted by Gasteiger charge is -2.17. The van der Waals surface area contributed by atoms with Gasteiger partial charge in [0, 0.05) is 14.6 Å². The van der Waals surface area contributed by atoms with Crippen molar-refractivity contribution in [2.45, 2.75) is 20.3 Å². The van der Waals surface area contributed by atoms with Crippen molar-refractivity contribution in [2.75, 3.05) is 11.9 Å². The highest BCUT2D eigenvalue weighted by Crippen LogP contribution is 2.25. The number of hydrogen-bond acceptors (Lipinski definition) is 2. The molecule has 100 valence electrons. The van der Waals surface area contributed by atoms with Crippen molar-refractivity contribution in [3.63, 3.8) is 0 Å². The summed E-state index contributed by atoms with van der Waals surface area (Å²) in [6, 6.07) is 5.84. The van der Waals surface area contributed by atoms with Gasteiger partial charge < -0.3 is 11.1 Å². The zero-order valence-corrected chi connectivity index (χ0v) is 14.3. The minimum Gasteiger partial charge on any atom is -0.330 e. The second-order valence-electron chi connectivity index (χ2n) is 4.68.